The quantitative estimate of drug-likeness (QED) is 0.830. The second-order valence-corrected chi connectivity index (χ2v) is 4.25. The molecule has 0 bridgehead atoms. The molecule has 6 heteroatoms. The number of hydrogen-bond donors (Lipinski definition) is 2. The lowest BCUT2D eigenvalue weighted by Crippen LogP contribution is -2.09. The average Bonchev–Trinajstić information content (AvgIpc) is 2.41. The SMILES string of the molecule is CCOC(=O)c1cc(Nc2cncc(C)c2)ncc1N. The average molecular weight is 272 g/mol. The number of nitrogens with one attached hydrogen (secondary N) is 1. The van der Waals surface area contributed by atoms with Crippen molar-refractivity contribution in [1.82, 2.24) is 9.97 Å². The van der Waals surface area contributed by atoms with Crippen LogP contribution in [-0.4, -0.2) is 22.5 Å². The highest BCUT2D eigenvalue weighted by Gasteiger charge is 2.12. The Balaban J connectivity index is 2.25. The summed E-state index contributed by atoms with van der Waals surface area (Å²) in [6.45, 7) is 3.98. The Hall–Kier alpha value is -2.63. The van der Waals surface area contributed by atoms with Crippen molar-refractivity contribution in [3.8, 4) is 0 Å². The van der Waals surface area contributed by atoms with Gasteiger partial charge in [-0.15, -0.1) is 0 Å². The molecule has 0 aliphatic heterocycles. The van der Waals surface area contributed by atoms with E-state index in [9.17, 15) is 4.79 Å². The summed E-state index contributed by atoms with van der Waals surface area (Å²) >= 11 is 0. The summed E-state index contributed by atoms with van der Waals surface area (Å²) in [7, 11) is 0. The van der Waals surface area contributed by atoms with Crippen molar-refractivity contribution in [2.24, 2.45) is 0 Å². The van der Waals surface area contributed by atoms with Crippen LogP contribution in [0.4, 0.5) is 17.2 Å². The van der Waals surface area contributed by atoms with E-state index in [-0.39, 0.29) is 5.69 Å². The number of esters is 1. The van der Waals surface area contributed by atoms with E-state index in [1.807, 2.05) is 13.0 Å². The van der Waals surface area contributed by atoms with Gasteiger partial charge in [0, 0.05) is 6.20 Å². The van der Waals surface area contributed by atoms with Crippen LogP contribution in [0.25, 0.3) is 0 Å². The number of hydrogen-bond acceptors (Lipinski definition) is 6. The van der Waals surface area contributed by atoms with Crippen LogP contribution in [0.2, 0.25) is 0 Å². The first-order valence-corrected chi connectivity index (χ1v) is 6.21. The molecule has 0 atom stereocenters. The minimum Gasteiger partial charge on any atom is -0.462 e. The van der Waals surface area contributed by atoms with E-state index >= 15 is 0 Å². The van der Waals surface area contributed by atoms with E-state index in [0.717, 1.165) is 11.3 Å². The largest absolute Gasteiger partial charge is 0.462 e. The molecular formula is C14H16N4O2. The van der Waals surface area contributed by atoms with E-state index in [0.29, 0.717) is 18.0 Å². The van der Waals surface area contributed by atoms with Crippen molar-refractivity contribution in [3.05, 3.63) is 41.9 Å². The molecule has 2 rings (SSSR count). The van der Waals surface area contributed by atoms with E-state index in [4.69, 9.17) is 10.5 Å². The molecule has 0 aliphatic carbocycles. The number of nitrogens with two attached hydrogens (primary N) is 1. The number of anilines is 3. The normalized spacial score (nSPS) is 10.1. The molecule has 0 fully saturated rings. The summed E-state index contributed by atoms with van der Waals surface area (Å²) in [5.74, 6) is 0.0486. The molecule has 2 aromatic heterocycles. The van der Waals surface area contributed by atoms with E-state index in [1.54, 1.807) is 25.4 Å². The van der Waals surface area contributed by atoms with Gasteiger partial charge in [0.2, 0.25) is 0 Å². The van der Waals surface area contributed by atoms with Gasteiger partial charge < -0.3 is 15.8 Å². The predicted molar refractivity (Wildman–Crippen MR) is 76.9 cm³/mol. The van der Waals surface area contributed by atoms with Gasteiger partial charge in [0.25, 0.3) is 0 Å². The van der Waals surface area contributed by atoms with E-state index < -0.39 is 5.97 Å². The van der Waals surface area contributed by atoms with Gasteiger partial charge in [-0.2, -0.15) is 0 Å². The number of aryl methyl sites for hydroxylation is 1. The number of ether oxygens (including phenoxy) is 1. The second kappa shape index (κ2) is 6.01. The summed E-state index contributed by atoms with van der Waals surface area (Å²) in [4.78, 5) is 20.0. The summed E-state index contributed by atoms with van der Waals surface area (Å²) < 4.78 is 4.95. The first-order valence-electron chi connectivity index (χ1n) is 6.21. The topological polar surface area (TPSA) is 90.1 Å². The molecule has 2 heterocycles. The molecule has 3 N–H and O–H groups in total. The van der Waals surface area contributed by atoms with E-state index in [1.165, 1.54) is 6.20 Å². The molecule has 6 nitrogen and oxygen atoms in total. The molecule has 0 unspecified atom stereocenters. The summed E-state index contributed by atoms with van der Waals surface area (Å²) in [6.07, 6.45) is 4.86. The number of nitrogen functional groups attached to an aromatic ring is 1. The molecular weight excluding hydrogens is 256 g/mol. The summed E-state index contributed by atoms with van der Waals surface area (Å²) in [5.41, 5.74) is 8.13. The zero-order valence-corrected chi connectivity index (χ0v) is 11.4. The molecule has 0 aliphatic rings. The highest BCUT2D eigenvalue weighted by atomic mass is 16.5. The van der Waals surface area contributed by atoms with Gasteiger partial charge in [0.1, 0.15) is 5.82 Å². The lowest BCUT2D eigenvalue weighted by atomic mass is 10.2. The van der Waals surface area contributed by atoms with Crippen LogP contribution in [0, 0.1) is 6.92 Å². The molecule has 0 saturated heterocycles. The molecule has 0 saturated carbocycles. The van der Waals surface area contributed by atoms with Crippen molar-refractivity contribution < 1.29 is 9.53 Å². The Bertz CT molecular complexity index is 628. The number of aromatic nitrogens is 2. The highest BCUT2D eigenvalue weighted by molar-refractivity contribution is 5.95. The van der Waals surface area contributed by atoms with Crippen LogP contribution in [0.15, 0.2) is 30.7 Å². The highest BCUT2D eigenvalue weighted by Crippen LogP contribution is 2.19. The van der Waals surface area contributed by atoms with Crippen LogP contribution >= 0.6 is 0 Å². The Morgan fingerprint density at radius 1 is 1.35 bits per heavy atom. The van der Waals surface area contributed by atoms with Crippen LogP contribution in [0.5, 0.6) is 0 Å². The number of carbonyl (C=O) groups excluding carboxylic acids is 1. The Kier molecular flexibility index (Phi) is 4.14. The van der Waals surface area contributed by atoms with Crippen LogP contribution in [0.3, 0.4) is 0 Å². The maximum Gasteiger partial charge on any atom is 0.340 e. The fourth-order valence-corrected chi connectivity index (χ4v) is 1.69. The first kappa shape index (κ1) is 13.8. The maximum atomic E-state index is 11.8. The fourth-order valence-electron chi connectivity index (χ4n) is 1.69. The third-order valence-corrected chi connectivity index (χ3v) is 2.58. The van der Waals surface area contributed by atoms with Gasteiger partial charge >= 0.3 is 5.97 Å². The van der Waals surface area contributed by atoms with Gasteiger partial charge in [0.15, 0.2) is 0 Å². The zero-order valence-electron chi connectivity index (χ0n) is 11.4. The minimum absolute atomic E-state index is 0.288. The van der Waals surface area contributed by atoms with Gasteiger partial charge in [-0.05, 0) is 31.5 Å². The molecule has 20 heavy (non-hydrogen) atoms. The lowest BCUT2D eigenvalue weighted by Gasteiger charge is -2.09. The molecule has 0 spiro atoms. The second-order valence-electron chi connectivity index (χ2n) is 4.25. The zero-order chi connectivity index (χ0) is 14.5. The Morgan fingerprint density at radius 3 is 2.85 bits per heavy atom. The van der Waals surface area contributed by atoms with Crippen molar-refractivity contribution >= 4 is 23.2 Å². The van der Waals surface area contributed by atoms with Crippen LogP contribution in [-0.2, 0) is 4.74 Å². The van der Waals surface area contributed by atoms with Crippen LogP contribution in [0.1, 0.15) is 22.8 Å². The Morgan fingerprint density at radius 2 is 2.15 bits per heavy atom. The van der Waals surface area contributed by atoms with Crippen molar-refractivity contribution in [1.29, 1.82) is 0 Å². The molecule has 0 radical (unpaired) electrons. The van der Waals surface area contributed by atoms with Gasteiger partial charge in [-0.1, -0.05) is 0 Å². The first-order chi connectivity index (χ1) is 9.60. The minimum atomic E-state index is -0.460. The van der Waals surface area contributed by atoms with Crippen molar-refractivity contribution in [3.63, 3.8) is 0 Å². The van der Waals surface area contributed by atoms with Gasteiger partial charge in [-0.25, -0.2) is 9.78 Å². The van der Waals surface area contributed by atoms with Crippen LogP contribution < -0.4 is 11.1 Å². The number of pyridine rings is 2. The molecule has 104 valence electrons. The number of carbonyl (C=O) groups is 1. The summed E-state index contributed by atoms with van der Waals surface area (Å²) in [5, 5.41) is 3.07. The van der Waals surface area contributed by atoms with Gasteiger partial charge in [-0.3, -0.25) is 4.98 Å². The predicted octanol–water partition coefficient (Wildman–Crippen LogP) is 2.29. The third kappa shape index (κ3) is 3.23. The summed E-state index contributed by atoms with van der Waals surface area (Å²) in [6, 6.07) is 3.49. The fraction of sp³-hybridized carbons (Fsp3) is 0.214. The Labute approximate surface area is 117 Å². The van der Waals surface area contributed by atoms with Crippen molar-refractivity contribution in [2.75, 3.05) is 17.7 Å². The van der Waals surface area contributed by atoms with E-state index in [2.05, 4.69) is 15.3 Å². The lowest BCUT2D eigenvalue weighted by molar-refractivity contribution is 0.0527. The molecule has 0 aromatic carbocycles. The smallest absolute Gasteiger partial charge is 0.340 e. The molecule has 2 aromatic rings. The number of rotatable bonds is 4. The van der Waals surface area contributed by atoms with Crippen molar-refractivity contribution in [2.45, 2.75) is 13.8 Å². The third-order valence-electron chi connectivity index (χ3n) is 2.58. The monoisotopic (exact) mass is 272 g/mol. The maximum absolute atomic E-state index is 11.8. The molecule has 0 amide bonds. The van der Waals surface area contributed by atoms with Gasteiger partial charge in [0.05, 0.1) is 35.9 Å². The standard InChI is InChI=1S/C14H16N4O2/c1-3-20-14(19)11-5-13(17-8-12(11)15)18-10-4-9(2)6-16-7-10/h4-8H,3,15H2,1-2H3,(H,17,18). The number of nitrogens with zero attached hydrogens (tertiary/aromatic N) is 2.